The molecule has 0 aromatic carbocycles. The van der Waals surface area contributed by atoms with Gasteiger partial charge in [-0.15, -0.1) is 0 Å². The average molecular weight is 918 g/mol. The number of unbranched alkanes of at least 4 members (excludes halogenated alkanes) is 3. The summed E-state index contributed by atoms with van der Waals surface area (Å²) in [6, 6.07) is -0.0434. The van der Waals surface area contributed by atoms with E-state index in [9.17, 15) is 71.9 Å². The Morgan fingerprint density at radius 2 is 0.883 bits per heavy atom. The summed E-state index contributed by atoms with van der Waals surface area (Å²) in [4.78, 5) is 53.4. The molecule has 0 saturated carbocycles. The predicted molar refractivity (Wildman–Crippen MR) is 198 cm³/mol. The third kappa shape index (κ3) is 22.1. The Bertz CT molecular complexity index is 1330. The number of halogens is 12. The summed E-state index contributed by atoms with van der Waals surface area (Å²) in [6.45, 7) is 4.08. The van der Waals surface area contributed by atoms with Gasteiger partial charge in [0.25, 0.3) is 0 Å². The first-order valence-electron chi connectivity index (χ1n) is 19.9. The van der Waals surface area contributed by atoms with Gasteiger partial charge in [-0.05, 0) is 79.6 Å². The van der Waals surface area contributed by atoms with Gasteiger partial charge >= 0.3 is 56.9 Å². The van der Waals surface area contributed by atoms with Gasteiger partial charge in [0.15, 0.2) is 6.40 Å². The van der Waals surface area contributed by atoms with E-state index in [1.54, 1.807) is 6.92 Å². The first-order valence-corrected chi connectivity index (χ1v) is 20.3. The molecular weight excluding hydrogens is 859 g/mol. The van der Waals surface area contributed by atoms with Crippen LogP contribution in [-0.4, -0.2) is 157 Å². The number of hydrogen-bond acceptors (Lipinski definition) is 8. The molecule has 0 spiro atoms. The highest BCUT2D eigenvalue weighted by Gasteiger charge is 2.45. The van der Waals surface area contributed by atoms with E-state index in [-0.39, 0.29) is 61.1 Å². The van der Waals surface area contributed by atoms with Gasteiger partial charge in [-0.2, -0.15) is 52.7 Å². The molecule has 0 aliphatic heterocycles. The maximum absolute atomic E-state index is 13.5. The third-order valence-corrected chi connectivity index (χ3v) is 10.3. The molecule has 25 heteroatoms. The molecule has 0 fully saturated rings. The van der Waals surface area contributed by atoms with Crippen molar-refractivity contribution in [1.82, 2.24) is 24.3 Å². The summed E-state index contributed by atoms with van der Waals surface area (Å²) in [7, 11) is -1.67. The fraction of sp³-hybridized carbons (Fsp3) is 0.857. The van der Waals surface area contributed by atoms with Crippen LogP contribution in [-0.2, 0) is 28.2 Å². The molecule has 0 aliphatic rings. The molecule has 352 valence electrons. The van der Waals surface area contributed by atoms with Crippen LogP contribution in [0.1, 0.15) is 94.3 Å². The Hall–Kier alpha value is -3.14. The zero-order valence-electron chi connectivity index (χ0n) is 35.3. The van der Waals surface area contributed by atoms with Gasteiger partial charge in [-0.1, -0.05) is 13.3 Å². The van der Waals surface area contributed by atoms with Crippen LogP contribution >= 0.6 is 8.53 Å². The smallest absolute Gasteiger partial charge is 0.425 e. The van der Waals surface area contributed by atoms with Gasteiger partial charge in [0, 0.05) is 72.4 Å². The SMILES string of the molecule is [2H]CCCCN(CCCN(CCCCN(CCCN(CCCCOP(OC=NCC)N(C(C)C)C(C)C)C(=O)C(F)(F)F)C(=O)C(F)(F)F)C(=O)C(F)(F)F)C(=O)C(F)(F)F. The minimum absolute atomic E-state index is 0.000968. The number of carbonyl (C=O) groups is 4. The van der Waals surface area contributed by atoms with E-state index >= 15 is 0 Å². The van der Waals surface area contributed by atoms with Gasteiger partial charge in [-0.3, -0.25) is 24.2 Å². The minimum atomic E-state index is -5.47. The molecule has 0 saturated heterocycles. The molecule has 0 heterocycles. The lowest BCUT2D eigenvalue weighted by Gasteiger charge is -2.34. The maximum Gasteiger partial charge on any atom is 0.471 e. The fourth-order valence-corrected chi connectivity index (χ4v) is 7.10. The van der Waals surface area contributed by atoms with Crippen molar-refractivity contribution >= 4 is 38.6 Å². The largest absolute Gasteiger partial charge is 0.471 e. The summed E-state index contributed by atoms with van der Waals surface area (Å²) >= 11 is 0. The predicted octanol–water partition coefficient (Wildman–Crippen LogP) is 8.12. The number of aliphatic imine (C=N–C) groups is 1. The monoisotopic (exact) mass is 917 g/mol. The second-order valence-corrected chi connectivity index (χ2v) is 15.2. The Morgan fingerprint density at radius 3 is 1.18 bits per heavy atom. The molecule has 0 aromatic heterocycles. The second-order valence-electron chi connectivity index (χ2n) is 13.8. The van der Waals surface area contributed by atoms with E-state index in [4.69, 9.17) is 10.4 Å². The van der Waals surface area contributed by atoms with E-state index in [0.29, 0.717) is 16.3 Å². The number of amides is 4. The van der Waals surface area contributed by atoms with Gasteiger partial charge in [-0.25, -0.2) is 4.67 Å². The Morgan fingerprint density at radius 1 is 0.567 bits per heavy atom. The normalized spacial score (nSPS) is 13.6. The highest BCUT2D eigenvalue weighted by atomic mass is 31.2. The molecule has 12 nitrogen and oxygen atoms in total. The van der Waals surface area contributed by atoms with Gasteiger partial charge in [0.1, 0.15) is 0 Å². The standard InChI is InChI=1S/C35H57F12N6O6P/c1-7-9-16-49(28(54)32(36,37)38)20-14-21-50(29(55)33(39,40)41)17-10-11-18-51(30(56)34(42,43)44)22-15-23-52(31(57)35(45,46)47)19-12-13-24-58-60(59-25-48-8-2)53(26(3)4)27(5)6/h25-27H,7-24H2,1-6H3/i1D. The molecule has 0 radical (unpaired) electrons. The van der Waals surface area contributed by atoms with E-state index in [1.807, 2.05) is 32.4 Å². The van der Waals surface area contributed by atoms with Crippen LogP contribution in [0.5, 0.6) is 0 Å². The summed E-state index contributed by atoms with van der Waals surface area (Å²) in [5, 5.41) is 0. The summed E-state index contributed by atoms with van der Waals surface area (Å²) in [5.74, 6) is -9.38. The van der Waals surface area contributed by atoms with Crippen LogP contribution < -0.4 is 0 Å². The van der Waals surface area contributed by atoms with Crippen LogP contribution in [0.15, 0.2) is 4.99 Å². The van der Waals surface area contributed by atoms with Crippen LogP contribution in [0.2, 0.25) is 0 Å². The molecule has 60 heavy (non-hydrogen) atoms. The summed E-state index contributed by atoms with van der Waals surface area (Å²) < 4.78 is 181. The number of alkyl halides is 12. The number of rotatable bonds is 28. The van der Waals surface area contributed by atoms with Crippen LogP contribution in [0.3, 0.4) is 0 Å². The lowest BCUT2D eigenvalue weighted by atomic mass is 10.2. The lowest BCUT2D eigenvalue weighted by Crippen LogP contribution is -2.46. The highest BCUT2D eigenvalue weighted by Crippen LogP contribution is 2.45. The van der Waals surface area contributed by atoms with Crippen molar-refractivity contribution in [2.45, 2.75) is 130 Å². The lowest BCUT2D eigenvalue weighted by molar-refractivity contribution is -0.187. The van der Waals surface area contributed by atoms with Crippen molar-refractivity contribution in [3.63, 3.8) is 0 Å². The van der Waals surface area contributed by atoms with E-state index < -0.39 is 135 Å². The quantitative estimate of drug-likeness (QED) is 0.0256. The van der Waals surface area contributed by atoms with Gasteiger partial charge in [0.2, 0.25) is 0 Å². The summed E-state index contributed by atoms with van der Waals surface area (Å²) in [6.07, 6.45) is -22.1. The van der Waals surface area contributed by atoms with Gasteiger partial charge < -0.3 is 28.6 Å². The molecule has 0 rings (SSSR count). The van der Waals surface area contributed by atoms with E-state index in [2.05, 4.69) is 4.99 Å². The molecular formula is C35H57F12N6O6P. The zero-order valence-corrected chi connectivity index (χ0v) is 35.2. The molecule has 1 atom stereocenters. The first-order chi connectivity index (χ1) is 28.1. The van der Waals surface area contributed by atoms with Crippen molar-refractivity contribution < 1.29 is 82.3 Å². The average Bonchev–Trinajstić information content (AvgIpc) is 3.13. The number of nitrogens with zero attached hydrogens (tertiary/aromatic N) is 6. The van der Waals surface area contributed by atoms with E-state index in [0.717, 1.165) is 0 Å². The molecule has 1 unspecified atom stereocenters. The molecule has 0 aromatic rings. The molecule has 0 aliphatic carbocycles. The topological polar surface area (TPSA) is 115 Å². The van der Waals surface area contributed by atoms with Crippen molar-refractivity contribution in [2.24, 2.45) is 4.99 Å². The minimum Gasteiger partial charge on any atom is -0.425 e. The van der Waals surface area contributed by atoms with Crippen molar-refractivity contribution in [2.75, 3.05) is 65.5 Å². The van der Waals surface area contributed by atoms with Crippen LogP contribution in [0.4, 0.5) is 52.7 Å². The summed E-state index contributed by atoms with van der Waals surface area (Å²) in [5.41, 5.74) is 0. The Kier molecular flexibility index (Phi) is 24.7. The number of hydrogen-bond donors (Lipinski definition) is 0. The fourth-order valence-electron chi connectivity index (χ4n) is 5.61. The Balaban J connectivity index is 5.69. The highest BCUT2D eigenvalue weighted by molar-refractivity contribution is 7.45. The van der Waals surface area contributed by atoms with Crippen molar-refractivity contribution in [3.05, 3.63) is 0 Å². The van der Waals surface area contributed by atoms with Crippen LogP contribution in [0, 0.1) is 0 Å². The molecule has 0 bridgehead atoms. The maximum atomic E-state index is 13.5. The Labute approximate surface area is 345 Å². The number of carbonyl (C=O) groups excluding carboxylic acids is 4. The molecule has 0 N–H and O–H groups in total. The third-order valence-electron chi connectivity index (χ3n) is 8.28. The van der Waals surface area contributed by atoms with Crippen molar-refractivity contribution in [1.29, 1.82) is 0 Å². The van der Waals surface area contributed by atoms with E-state index in [1.165, 1.54) is 6.40 Å². The zero-order chi connectivity index (χ0) is 47.2. The van der Waals surface area contributed by atoms with Crippen molar-refractivity contribution in [3.8, 4) is 0 Å². The van der Waals surface area contributed by atoms with Gasteiger partial charge in [0.05, 0.1) is 6.61 Å². The second kappa shape index (κ2) is 27.0. The first kappa shape index (κ1) is 54.9. The molecule has 4 amide bonds. The van der Waals surface area contributed by atoms with Crippen LogP contribution in [0.25, 0.3) is 0 Å².